The number of carbonyl (C=O) groups excluding carboxylic acids is 1. The SMILES string of the molecule is COc1ccc(C)cc1NC(=O)N1CCC(CO)CC1. The van der Waals surface area contributed by atoms with Crippen molar-refractivity contribution in [3.8, 4) is 5.75 Å². The molecule has 2 amide bonds. The lowest BCUT2D eigenvalue weighted by atomic mass is 9.98. The molecule has 0 saturated carbocycles. The minimum absolute atomic E-state index is 0.106. The minimum atomic E-state index is -0.106. The summed E-state index contributed by atoms with van der Waals surface area (Å²) in [5.74, 6) is 0.988. The van der Waals surface area contributed by atoms with Crippen LogP contribution in [0.25, 0.3) is 0 Å². The van der Waals surface area contributed by atoms with Crippen LogP contribution in [0, 0.1) is 12.8 Å². The fourth-order valence-electron chi connectivity index (χ4n) is 2.43. The molecule has 0 spiro atoms. The molecule has 0 atom stereocenters. The van der Waals surface area contributed by atoms with Crippen molar-refractivity contribution >= 4 is 11.7 Å². The van der Waals surface area contributed by atoms with Crippen molar-refractivity contribution in [2.45, 2.75) is 19.8 Å². The van der Waals surface area contributed by atoms with Gasteiger partial charge in [0.1, 0.15) is 5.75 Å². The summed E-state index contributed by atoms with van der Waals surface area (Å²) in [6, 6.07) is 5.59. The molecule has 0 unspecified atom stereocenters. The molecular weight excluding hydrogens is 256 g/mol. The maximum absolute atomic E-state index is 12.2. The van der Waals surface area contributed by atoms with Gasteiger partial charge in [-0.05, 0) is 43.4 Å². The highest BCUT2D eigenvalue weighted by Gasteiger charge is 2.22. The van der Waals surface area contributed by atoms with Crippen LogP contribution in [0.3, 0.4) is 0 Å². The quantitative estimate of drug-likeness (QED) is 0.891. The Morgan fingerprint density at radius 3 is 2.75 bits per heavy atom. The van der Waals surface area contributed by atoms with Crippen LogP contribution in [-0.2, 0) is 0 Å². The van der Waals surface area contributed by atoms with Crippen molar-refractivity contribution in [2.75, 3.05) is 32.1 Å². The van der Waals surface area contributed by atoms with Gasteiger partial charge in [-0.3, -0.25) is 0 Å². The molecule has 20 heavy (non-hydrogen) atoms. The van der Waals surface area contributed by atoms with Crippen molar-refractivity contribution < 1.29 is 14.6 Å². The summed E-state index contributed by atoms with van der Waals surface area (Å²) >= 11 is 0. The van der Waals surface area contributed by atoms with Gasteiger partial charge in [0.05, 0.1) is 12.8 Å². The number of amides is 2. The number of methoxy groups -OCH3 is 1. The summed E-state index contributed by atoms with van der Waals surface area (Å²) in [6.07, 6.45) is 1.71. The highest BCUT2D eigenvalue weighted by atomic mass is 16.5. The molecule has 1 aliphatic heterocycles. The smallest absolute Gasteiger partial charge is 0.321 e. The number of hydrogen-bond donors (Lipinski definition) is 2. The van der Waals surface area contributed by atoms with Gasteiger partial charge < -0.3 is 20.1 Å². The summed E-state index contributed by atoms with van der Waals surface area (Å²) in [6.45, 7) is 3.55. The van der Waals surface area contributed by atoms with E-state index < -0.39 is 0 Å². The molecule has 1 saturated heterocycles. The van der Waals surface area contributed by atoms with E-state index in [0.29, 0.717) is 30.4 Å². The topological polar surface area (TPSA) is 61.8 Å². The third-order valence-corrected chi connectivity index (χ3v) is 3.76. The Bertz CT molecular complexity index is 468. The minimum Gasteiger partial charge on any atom is -0.495 e. The number of anilines is 1. The number of aryl methyl sites for hydroxylation is 1. The summed E-state index contributed by atoms with van der Waals surface area (Å²) < 4.78 is 5.26. The molecule has 0 bridgehead atoms. The zero-order chi connectivity index (χ0) is 14.5. The largest absolute Gasteiger partial charge is 0.495 e. The number of hydrogen-bond acceptors (Lipinski definition) is 3. The van der Waals surface area contributed by atoms with E-state index in [-0.39, 0.29) is 12.6 Å². The maximum Gasteiger partial charge on any atom is 0.321 e. The van der Waals surface area contributed by atoms with Crippen LogP contribution >= 0.6 is 0 Å². The van der Waals surface area contributed by atoms with Crippen molar-refractivity contribution in [1.82, 2.24) is 4.90 Å². The molecule has 1 aromatic carbocycles. The molecule has 110 valence electrons. The predicted octanol–water partition coefficient (Wildman–Crippen LogP) is 2.24. The lowest BCUT2D eigenvalue weighted by Gasteiger charge is -2.31. The Hall–Kier alpha value is -1.75. The first-order valence-electron chi connectivity index (χ1n) is 6.95. The molecule has 2 N–H and O–H groups in total. The molecule has 0 radical (unpaired) electrons. The van der Waals surface area contributed by atoms with E-state index in [2.05, 4.69) is 5.32 Å². The fourth-order valence-corrected chi connectivity index (χ4v) is 2.43. The number of aliphatic hydroxyl groups is 1. The number of ether oxygens (including phenoxy) is 1. The zero-order valence-electron chi connectivity index (χ0n) is 12.1. The number of rotatable bonds is 3. The van der Waals surface area contributed by atoms with Crippen LogP contribution in [-0.4, -0.2) is 42.8 Å². The van der Waals surface area contributed by atoms with Gasteiger partial charge in [0.15, 0.2) is 0 Å². The number of urea groups is 1. The van der Waals surface area contributed by atoms with Gasteiger partial charge in [-0.2, -0.15) is 0 Å². The average molecular weight is 278 g/mol. The first-order chi connectivity index (χ1) is 9.63. The Morgan fingerprint density at radius 2 is 2.15 bits per heavy atom. The van der Waals surface area contributed by atoms with Crippen LogP contribution in [0.15, 0.2) is 18.2 Å². The van der Waals surface area contributed by atoms with Crippen molar-refractivity contribution in [3.05, 3.63) is 23.8 Å². The molecule has 2 rings (SSSR count). The van der Waals surface area contributed by atoms with E-state index in [1.165, 1.54) is 0 Å². The standard InChI is InChI=1S/C15H22N2O3/c1-11-3-4-14(20-2)13(9-11)16-15(19)17-7-5-12(10-18)6-8-17/h3-4,9,12,18H,5-8,10H2,1-2H3,(H,16,19). The molecular formula is C15H22N2O3. The van der Waals surface area contributed by atoms with E-state index in [0.717, 1.165) is 18.4 Å². The van der Waals surface area contributed by atoms with Crippen molar-refractivity contribution in [1.29, 1.82) is 0 Å². The Kier molecular flexibility index (Phi) is 4.84. The highest BCUT2D eigenvalue weighted by molar-refractivity contribution is 5.91. The van der Waals surface area contributed by atoms with Gasteiger partial charge in [0, 0.05) is 19.7 Å². The number of nitrogens with zero attached hydrogens (tertiary/aromatic N) is 1. The molecule has 0 aromatic heterocycles. The van der Waals surface area contributed by atoms with Gasteiger partial charge in [0.2, 0.25) is 0 Å². The fraction of sp³-hybridized carbons (Fsp3) is 0.533. The van der Waals surface area contributed by atoms with Gasteiger partial charge in [-0.15, -0.1) is 0 Å². The highest BCUT2D eigenvalue weighted by Crippen LogP contribution is 2.26. The molecule has 5 heteroatoms. The van der Waals surface area contributed by atoms with Gasteiger partial charge in [-0.1, -0.05) is 6.07 Å². The van der Waals surface area contributed by atoms with Gasteiger partial charge in [0.25, 0.3) is 0 Å². The van der Waals surface area contributed by atoms with Gasteiger partial charge >= 0.3 is 6.03 Å². The summed E-state index contributed by atoms with van der Waals surface area (Å²) in [5, 5.41) is 12.0. The third kappa shape index (κ3) is 3.42. The normalized spacial score (nSPS) is 16.1. The zero-order valence-corrected chi connectivity index (χ0v) is 12.1. The number of nitrogens with one attached hydrogen (secondary N) is 1. The molecule has 5 nitrogen and oxygen atoms in total. The Balaban J connectivity index is 1.99. The first-order valence-corrected chi connectivity index (χ1v) is 6.95. The average Bonchev–Trinajstić information content (AvgIpc) is 2.47. The molecule has 1 aliphatic rings. The van der Waals surface area contributed by atoms with E-state index in [1.807, 2.05) is 25.1 Å². The molecule has 1 heterocycles. The number of benzene rings is 1. The van der Waals surface area contributed by atoms with Crippen LogP contribution in [0.4, 0.5) is 10.5 Å². The number of aliphatic hydroxyl groups excluding tert-OH is 1. The van der Waals surface area contributed by atoms with Crippen LogP contribution in [0.1, 0.15) is 18.4 Å². The van der Waals surface area contributed by atoms with Gasteiger partial charge in [-0.25, -0.2) is 4.79 Å². The van der Waals surface area contributed by atoms with Crippen molar-refractivity contribution in [3.63, 3.8) is 0 Å². The Morgan fingerprint density at radius 1 is 1.45 bits per heavy atom. The molecule has 0 aliphatic carbocycles. The molecule has 1 aromatic rings. The number of piperidine rings is 1. The second-order valence-electron chi connectivity index (χ2n) is 5.25. The van der Waals surface area contributed by atoms with Crippen LogP contribution in [0.2, 0.25) is 0 Å². The van der Waals surface area contributed by atoms with Crippen LogP contribution in [0.5, 0.6) is 5.75 Å². The first kappa shape index (κ1) is 14.7. The van der Waals surface area contributed by atoms with Crippen molar-refractivity contribution in [2.24, 2.45) is 5.92 Å². The number of carbonyl (C=O) groups is 1. The Labute approximate surface area is 119 Å². The van der Waals surface area contributed by atoms with E-state index in [4.69, 9.17) is 9.84 Å². The lowest BCUT2D eigenvalue weighted by Crippen LogP contribution is -2.41. The lowest BCUT2D eigenvalue weighted by molar-refractivity contribution is 0.143. The summed E-state index contributed by atoms with van der Waals surface area (Å²) in [4.78, 5) is 14.0. The number of likely N-dealkylation sites (tertiary alicyclic amines) is 1. The van der Waals surface area contributed by atoms with Crippen LogP contribution < -0.4 is 10.1 Å². The predicted molar refractivity (Wildman–Crippen MR) is 78.1 cm³/mol. The maximum atomic E-state index is 12.2. The van der Waals surface area contributed by atoms with E-state index >= 15 is 0 Å². The van der Waals surface area contributed by atoms with E-state index in [9.17, 15) is 4.79 Å². The third-order valence-electron chi connectivity index (χ3n) is 3.76. The second kappa shape index (κ2) is 6.61. The molecule has 1 fully saturated rings. The second-order valence-corrected chi connectivity index (χ2v) is 5.25. The summed E-state index contributed by atoms with van der Waals surface area (Å²) in [7, 11) is 1.59. The summed E-state index contributed by atoms with van der Waals surface area (Å²) in [5.41, 5.74) is 1.77. The monoisotopic (exact) mass is 278 g/mol. The van der Waals surface area contributed by atoms with E-state index in [1.54, 1.807) is 12.0 Å².